The maximum atomic E-state index is 6.25. The Balaban J connectivity index is 0. The molecule has 0 saturated carbocycles. The normalized spacial score (nSPS) is 2.00. The summed E-state index contributed by atoms with van der Waals surface area (Å²) in [5.41, 5.74) is 0. The molecule has 0 heterocycles. The number of hydrogen-bond donors (Lipinski definition) is 0. The molecule has 0 unspecified atom stereocenters. The Hall–Kier alpha value is -0.510. The lowest BCUT2D eigenvalue weighted by Gasteiger charge is -1.08. The fourth-order valence-corrected chi connectivity index (χ4v) is 0. The van der Waals surface area contributed by atoms with Crippen molar-refractivity contribution in [2.24, 2.45) is 0 Å². The summed E-state index contributed by atoms with van der Waals surface area (Å²) >= 11 is 0. The highest BCUT2D eigenvalue weighted by Crippen LogP contribution is 1.14. The predicted molar refractivity (Wildman–Crippen MR) is 16.3 cm³/mol. The number of rotatable bonds is 0. The zero-order valence-corrected chi connectivity index (χ0v) is 2.95. The summed E-state index contributed by atoms with van der Waals surface area (Å²) in [5, 5.41) is 6.25. The van der Waals surface area contributed by atoms with Crippen molar-refractivity contribution in [3.63, 3.8) is 0 Å². The molecule has 0 amide bonds. The molecule has 0 aliphatic carbocycles. The summed E-state index contributed by atoms with van der Waals surface area (Å²) in [6.45, 7) is 8.75. The molecular weight excluding hydrogens is 50.0 g/mol. The lowest BCUT2D eigenvalue weighted by molar-refractivity contribution is 1.50. The van der Waals surface area contributed by atoms with Gasteiger partial charge in [0.25, 0.3) is 0 Å². The monoisotopic (exact) mass is 56.1 g/mol. The van der Waals surface area contributed by atoms with Gasteiger partial charge in [0.2, 0.25) is 0 Å². The molecule has 0 fully saturated rings. The second kappa shape index (κ2) is 21.3. The standard InChI is InChI=1S/C2H6.CN/c2*1-2/h1-2H3;/q;-1. The van der Waals surface area contributed by atoms with E-state index in [0.717, 1.165) is 0 Å². The molecule has 24 valence electrons. The van der Waals surface area contributed by atoms with Crippen molar-refractivity contribution >= 4 is 0 Å². The highest BCUT2D eigenvalue weighted by molar-refractivity contribution is 3.50. The Labute approximate surface area is 26.9 Å². The van der Waals surface area contributed by atoms with E-state index in [9.17, 15) is 0 Å². The summed E-state index contributed by atoms with van der Waals surface area (Å²) in [4.78, 5) is 0. The van der Waals surface area contributed by atoms with Crippen LogP contribution >= 0.6 is 0 Å². The van der Waals surface area contributed by atoms with E-state index >= 15 is 0 Å². The average Bonchev–Trinajstić information content (AvgIpc) is 1.50. The zero-order chi connectivity index (χ0) is 4.00. The van der Waals surface area contributed by atoms with Gasteiger partial charge in [-0.3, -0.25) is 0 Å². The SMILES string of the molecule is CC.[C-]#N. The molecule has 0 saturated heterocycles. The lowest BCUT2D eigenvalue weighted by Crippen LogP contribution is -0.856. The first-order valence-electron chi connectivity index (χ1n) is 1.22. The molecule has 0 aromatic carbocycles. The minimum absolute atomic E-state index is 2.00. The molecule has 0 radical (unpaired) electrons. The third-order valence-electron chi connectivity index (χ3n) is 0. The maximum absolute atomic E-state index is 6.25. The predicted octanol–water partition coefficient (Wildman–Crippen LogP) is 1.12. The Morgan fingerprint density at radius 3 is 1.25 bits per heavy atom. The minimum atomic E-state index is 2.00. The first kappa shape index (κ1) is 9.75. The van der Waals surface area contributed by atoms with Gasteiger partial charge in [0.1, 0.15) is 0 Å². The van der Waals surface area contributed by atoms with Gasteiger partial charge in [0, 0.05) is 0 Å². The molecule has 0 aromatic heterocycles. The lowest BCUT2D eigenvalue weighted by atomic mass is 11.0. The molecule has 4 heavy (non-hydrogen) atoms. The van der Waals surface area contributed by atoms with Crippen molar-refractivity contribution in [3.05, 3.63) is 6.57 Å². The molecule has 0 rings (SSSR count). The fourth-order valence-electron chi connectivity index (χ4n) is 0. The van der Waals surface area contributed by atoms with E-state index in [1.165, 1.54) is 0 Å². The van der Waals surface area contributed by atoms with Crippen LogP contribution in [0, 0.1) is 11.8 Å². The molecule has 0 bridgehead atoms. The number of hydrogen-bond acceptors (Lipinski definition) is 1. The van der Waals surface area contributed by atoms with Crippen molar-refractivity contribution in [2.45, 2.75) is 13.8 Å². The van der Waals surface area contributed by atoms with Crippen LogP contribution in [0.15, 0.2) is 0 Å². The Kier molecular flexibility index (Phi) is 51.8. The third kappa shape index (κ3) is 1.38. The highest BCUT2D eigenvalue weighted by atomic mass is 14.2. The van der Waals surface area contributed by atoms with Crippen molar-refractivity contribution in [3.8, 4) is 0 Å². The van der Waals surface area contributed by atoms with Crippen molar-refractivity contribution in [1.82, 2.24) is 0 Å². The van der Waals surface area contributed by atoms with Crippen LogP contribution in [0.25, 0.3) is 0 Å². The topological polar surface area (TPSA) is 23.8 Å². The molecule has 0 aliphatic rings. The van der Waals surface area contributed by atoms with Gasteiger partial charge in [-0.25, -0.2) is 0 Å². The van der Waals surface area contributed by atoms with Gasteiger partial charge in [-0.1, -0.05) is 13.8 Å². The van der Waals surface area contributed by atoms with E-state index in [4.69, 9.17) is 11.8 Å². The summed E-state index contributed by atoms with van der Waals surface area (Å²) in [7, 11) is 0. The van der Waals surface area contributed by atoms with E-state index in [1.54, 1.807) is 0 Å². The molecular formula is C3H6N-. The Morgan fingerprint density at radius 2 is 1.25 bits per heavy atom. The Bertz CT molecular complexity index is 8.00. The summed E-state index contributed by atoms with van der Waals surface area (Å²) < 4.78 is 0. The summed E-state index contributed by atoms with van der Waals surface area (Å²) in [6.07, 6.45) is 0. The first-order chi connectivity index (χ1) is 2.00. The van der Waals surface area contributed by atoms with Crippen LogP contribution in [-0.4, -0.2) is 0 Å². The molecule has 0 aromatic rings. The van der Waals surface area contributed by atoms with Gasteiger partial charge in [-0.15, -0.1) is 0 Å². The van der Waals surface area contributed by atoms with Gasteiger partial charge in [0.15, 0.2) is 0 Å². The van der Waals surface area contributed by atoms with Gasteiger partial charge in [-0.05, 0) is 0 Å². The van der Waals surface area contributed by atoms with Crippen LogP contribution in [0.5, 0.6) is 0 Å². The molecule has 0 spiro atoms. The van der Waals surface area contributed by atoms with Crippen LogP contribution in [-0.2, 0) is 0 Å². The van der Waals surface area contributed by atoms with Gasteiger partial charge in [0.05, 0.1) is 0 Å². The van der Waals surface area contributed by atoms with E-state index < -0.39 is 0 Å². The average molecular weight is 56.1 g/mol. The second-order valence-corrected chi connectivity index (χ2v) is 0. The van der Waals surface area contributed by atoms with Gasteiger partial charge < -0.3 is 11.8 Å². The van der Waals surface area contributed by atoms with Crippen LogP contribution in [0.1, 0.15) is 13.8 Å². The van der Waals surface area contributed by atoms with Crippen LogP contribution < -0.4 is 0 Å². The van der Waals surface area contributed by atoms with Crippen molar-refractivity contribution in [2.75, 3.05) is 0 Å². The maximum Gasteiger partial charge on any atom is -0.0683 e. The van der Waals surface area contributed by atoms with Crippen LogP contribution in [0.3, 0.4) is 0 Å². The molecule has 1 nitrogen and oxygen atoms in total. The Morgan fingerprint density at radius 1 is 1.25 bits per heavy atom. The van der Waals surface area contributed by atoms with Crippen molar-refractivity contribution in [1.29, 1.82) is 5.26 Å². The summed E-state index contributed by atoms with van der Waals surface area (Å²) in [6, 6.07) is 0. The largest absolute Gasteiger partial charge is 0.512 e. The summed E-state index contributed by atoms with van der Waals surface area (Å²) in [5.74, 6) is 0. The van der Waals surface area contributed by atoms with Crippen molar-refractivity contribution < 1.29 is 0 Å². The highest BCUT2D eigenvalue weighted by Gasteiger charge is 0.932. The van der Waals surface area contributed by atoms with Crippen LogP contribution in [0.4, 0.5) is 0 Å². The van der Waals surface area contributed by atoms with Gasteiger partial charge >= 0.3 is 0 Å². The van der Waals surface area contributed by atoms with E-state index in [1.807, 2.05) is 13.8 Å². The van der Waals surface area contributed by atoms with E-state index in [2.05, 4.69) is 0 Å². The molecule has 1 heteroatoms. The number of nitrogens with zero attached hydrogens (tertiary/aromatic N) is 1. The molecule has 0 N–H and O–H groups in total. The van der Waals surface area contributed by atoms with E-state index in [0.29, 0.717) is 0 Å². The quantitative estimate of drug-likeness (QED) is 0.381. The third-order valence-corrected chi connectivity index (χ3v) is 0. The smallest absolute Gasteiger partial charge is 0.0683 e. The van der Waals surface area contributed by atoms with E-state index in [-0.39, 0.29) is 0 Å². The van der Waals surface area contributed by atoms with Crippen LogP contribution in [0.2, 0.25) is 0 Å². The molecule has 0 atom stereocenters. The fraction of sp³-hybridized carbons (Fsp3) is 0.667. The second-order valence-electron chi connectivity index (χ2n) is 0. The first-order valence-corrected chi connectivity index (χ1v) is 1.22. The van der Waals surface area contributed by atoms with Gasteiger partial charge in [-0.2, -0.15) is 0 Å². The zero-order valence-electron chi connectivity index (χ0n) is 2.95. The minimum Gasteiger partial charge on any atom is -0.512 e. The molecule has 0 aliphatic heterocycles.